The van der Waals surface area contributed by atoms with E-state index in [-0.39, 0.29) is 0 Å². The number of hydrogen-bond acceptors (Lipinski definition) is 4. The number of aromatic nitrogens is 2. The molecular formula is C48H54N4. The summed E-state index contributed by atoms with van der Waals surface area (Å²) in [5.41, 5.74) is 11.2. The second-order valence-corrected chi connectivity index (χ2v) is 14.4. The van der Waals surface area contributed by atoms with E-state index in [1.54, 1.807) is 0 Å². The number of benzene rings is 6. The Balaban J connectivity index is 1.32. The third kappa shape index (κ3) is 7.35. The van der Waals surface area contributed by atoms with E-state index in [4.69, 9.17) is 9.97 Å². The molecule has 1 heterocycles. The van der Waals surface area contributed by atoms with Crippen LogP contribution in [0, 0.1) is 0 Å². The SMILES string of the molecule is CCCCN(CCCC)c1ccc(-c2cc3nc4c(cc(-c5ccc(N(CCCC)CCCC)cc5)c5ccccc54)nc3c3ccccc23)cc1. The quantitative estimate of drug-likeness (QED) is 0.0748. The third-order valence-electron chi connectivity index (χ3n) is 10.7. The van der Waals surface area contributed by atoms with Crippen molar-refractivity contribution >= 4 is 55.0 Å². The molecule has 1 aromatic heterocycles. The van der Waals surface area contributed by atoms with Crippen molar-refractivity contribution in [3.8, 4) is 22.3 Å². The minimum absolute atomic E-state index is 0.930. The molecule has 0 radical (unpaired) electrons. The highest BCUT2D eigenvalue weighted by atomic mass is 15.1. The maximum atomic E-state index is 5.41. The lowest BCUT2D eigenvalue weighted by molar-refractivity contribution is 0.678. The third-order valence-corrected chi connectivity index (χ3v) is 10.7. The van der Waals surface area contributed by atoms with E-state index >= 15 is 0 Å². The molecule has 4 heteroatoms. The fourth-order valence-corrected chi connectivity index (χ4v) is 7.65. The van der Waals surface area contributed by atoms with E-state index in [0.717, 1.165) is 59.0 Å². The van der Waals surface area contributed by atoms with E-state index < -0.39 is 0 Å². The van der Waals surface area contributed by atoms with E-state index in [2.05, 4.69) is 147 Å². The summed E-state index contributed by atoms with van der Waals surface area (Å²) in [6, 6.07) is 40.3. The van der Waals surface area contributed by atoms with Crippen molar-refractivity contribution in [1.29, 1.82) is 0 Å². The lowest BCUT2D eigenvalue weighted by Crippen LogP contribution is -2.25. The summed E-state index contributed by atoms with van der Waals surface area (Å²) in [5, 5.41) is 4.69. The molecule has 4 nitrogen and oxygen atoms in total. The van der Waals surface area contributed by atoms with Crippen molar-refractivity contribution in [3.05, 3.63) is 109 Å². The average molecular weight is 687 g/mol. The molecule has 0 aliphatic carbocycles. The number of unbranched alkanes of at least 4 members (excludes halogenated alkanes) is 4. The van der Waals surface area contributed by atoms with Crippen molar-refractivity contribution < 1.29 is 0 Å². The molecule has 0 bridgehead atoms. The molecule has 0 aliphatic rings. The zero-order valence-electron chi connectivity index (χ0n) is 31.7. The lowest BCUT2D eigenvalue weighted by Gasteiger charge is -2.25. The smallest absolute Gasteiger partial charge is 0.0973 e. The van der Waals surface area contributed by atoms with Gasteiger partial charge in [-0.2, -0.15) is 0 Å². The van der Waals surface area contributed by atoms with Crippen molar-refractivity contribution in [2.75, 3.05) is 36.0 Å². The summed E-state index contributed by atoms with van der Waals surface area (Å²) >= 11 is 0. The minimum atomic E-state index is 0.930. The van der Waals surface area contributed by atoms with Crippen LogP contribution < -0.4 is 9.80 Å². The van der Waals surface area contributed by atoms with E-state index in [1.807, 2.05) is 0 Å². The van der Waals surface area contributed by atoms with Gasteiger partial charge in [0.05, 0.1) is 22.1 Å². The molecule has 0 aliphatic heterocycles. The Morgan fingerprint density at radius 3 is 1.06 bits per heavy atom. The highest BCUT2D eigenvalue weighted by Gasteiger charge is 2.16. The maximum Gasteiger partial charge on any atom is 0.0973 e. The second-order valence-electron chi connectivity index (χ2n) is 14.4. The van der Waals surface area contributed by atoms with E-state index in [1.165, 1.54) is 95.8 Å². The molecule has 0 amide bonds. The predicted octanol–water partition coefficient (Wildman–Crippen LogP) is 13.2. The normalized spacial score (nSPS) is 11.6. The average Bonchev–Trinajstić information content (AvgIpc) is 3.20. The molecule has 0 saturated heterocycles. The Kier molecular flexibility index (Phi) is 11.3. The van der Waals surface area contributed by atoms with Gasteiger partial charge in [-0.1, -0.05) is 126 Å². The van der Waals surface area contributed by atoms with E-state index in [9.17, 15) is 0 Å². The number of anilines is 2. The number of fused-ring (bicyclic) bond motifs is 6. The Bertz CT molecular complexity index is 2080. The van der Waals surface area contributed by atoms with Crippen LogP contribution in [0.1, 0.15) is 79.1 Å². The summed E-state index contributed by atoms with van der Waals surface area (Å²) in [6.45, 7) is 13.5. The summed E-state index contributed by atoms with van der Waals surface area (Å²) in [5.74, 6) is 0. The Labute approximate surface area is 310 Å². The Morgan fingerprint density at radius 1 is 0.404 bits per heavy atom. The Morgan fingerprint density at radius 2 is 0.731 bits per heavy atom. The van der Waals surface area contributed by atoms with Crippen LogP contribution in [0.3, 0.4) is 0 Å². The molecule has 52 heavy (non-hydrogen) atoms. The van der Waals surface area contributed by atoms with Gasteiger partial charge >= 0.3 is 0 Å². The van der Waals surface area contributed by atoms with Crippen molar-refractivity contribution in [3.63, 3.8) is 0 Å². The van der Waals surface area contributed by atoms with Gasteiger partial charge in [-0.05, 0) is 95.1 Å². The van der Waals surface area contributed by atoms with Crippen LogP contribution in [-0.4, -0.2) is 36.1 Å². The summed E-state index contributed by atoms with van der Waals surface area (Å²) in [4.78, 5) is 15.9. The monoisotopic (exact) mass is 686 g/mol. The highest BCUT2D eigenvalue weighted by Crippen LogP contribution is 2.39. The van der Waals surface area contributed by atoms with E-state index in [0.29, 0.717) is 0 Å². The van der Waals surface area contributed by atoms with Gasteiger partial charge in [0.1, 0.15) is 0 Å². The molecule has 0 N–H and O–H groups in total. The largest absolute Gasteiger partial charge is 0.372 e. The molecule has 0 unspecified atom stereocenters. The van der Waals surface area contributed by atoms with Crippen LogP contribution in [0.15, 0.2) is 109 Å². The van der Waals surface area contributed by atoms with Crippen LogP contribution in [0.25, 0.3) is 65.9 Å². The zero-order valence-corrected chi connectivity index (χ0v) is 31.7. The molecule has 266 valence electrons. The molecule has 0 fully saturated rings. The number of rotatable bonds is 16. The van der Waals surface area contributed by atoms with Gasteiger partial charge < -0.3 is 9.80 Å². The molecule has 7 rings (SSSR count). The second kappa shape index (κ2) is 16.6. The first kappa shape index (κ1) is 35.4. The van der Waals surface area contributed by atoms with Crippen molar-refractivity contribution in [2.45, 2.75) is 79.1 Å². The first-order valence-electron chi connectivity index (χ1n) is 19.9. The summed E-state index contributed by atoms with van der Waals surface area (Å²) in [6.07, 6.45) is 9.70. The van der Waals surface area contributed by atoms with Gasteiger partial charge in [0.2, 0.25) is 0 Å². The van der Waals surface area contributed by atoms with Gasteiger partial charge in [-0.3, -0.25) is 0 Å². The van der Waals surface area contributed by atoms with Crippen LogP contribution in [-0.2, 0) is 0 Å². The predicted molar refractivity (Wildman–Crippen MR) is 227 cm³/mol. The minimum Gasteiger partial charge on any atom is -0.372 e. The Hall–Kier alpha value is -4.96. The highest BCUT2D eigenvalue weighted by molar-refractivity contribution is 6.16. The molecule has 0 saturated carbocycles. The fraction of sp³-hybridized carbons (Fsp3) is 0.333. The molecule has 7 aromatic rings. The molecular weight excluding hydrogens is 633 g/mol. The summed E-state index contributed by atoms with van der Waals surface area (Å²) in [7, 11) is 0. The van der Waals surface area contributed by atoms with Gasteiger partial charge in [0.25, 0.3) is 0 Å². The van der Waals surface area contributed by atoms with Gasteiger partial charge in [0, 0.05) is 48.3 Å². The molecule has 6 aromatic carbocycles. The molecule has 0 atom stereocenters. The maximum absolute atomic E-state index is 5.41. The van der Waals surface area contributed by atoms with Crippen LogP contribution >= 0.6 is 0 Å². The molecule has 0 spiro atoms. The topological polar surface area (TPSA) is 32.3 Å². The number of nitrogens with zero attached hydrogens (tertiary/aromatic N) is 4. The first-order valence-corrected chi connectivity index (χ1v) is 19.9. The summed E-state index contributed by atoms with van der Waals surface area (Å²) < 4.78 is 0. The van der Waals surface area contributed by atoms with Crippen molar-refractivity contribution in [1.82, 2.24) is 9.97 Å². The van der Waals surface area contributed by atoms with Crippen molar-refractivity contribution in [2.24, 2.45) is 0 Å². The first-order chi connectivity index (χ1) is 25.6. The fourth-order valence-electron chi connectivity index (χ4n) is 7.65. The lowest BCUT2D eigenvalue weighted by atomic mass is 9.95. The van der Waals surface area contributed by atoms with Gasteiger partial charge in [-0.15, -0.1) is 0 Å². The standard InChI is InChI=1S/C48H54N4/c1-5-9-29-51(30-10-6-2)37-25-21-35(22-26-37)43-33-45-47(41-19-15-13-17-39(41)43)50-46-34-44(40-18-14-16-20-42(40)48(46)49-45)36-23-27-38(28-24-36)52(31-11-7-3)32-12-8-4/h13-28,33-34H,5-12,29-32H2,1-4H3. The van der Waals surface area contributed by atoms with Gasteiger partial charge in [-0.25, -0.2) is 9.97 Å². The number of hydrogen-bond donors (Lipinski definition) is 0. The van der Waals surface area contributed by atoms with Gasteiger partial charge in [0.15, 0.2) is 0 Å². The zero-order chi connectivity index (χ0) is 35.9. The van der Waals surface area contributed by atoms with Crippen LogP contribution in [0.5, 0.6) is 0 Å². The van der Waals surface area contributed by atoms with Crippen LogP contribution in [0.4, 0.5) is 11.4 Å². The van der Waals surface area contributed by atoms with Crippen LogP contribution in [0.2, 0.25) is 0 Å².